The average molecular weight is 293 g/mol. The molecule has 0 saturated carbocycles. The number of hydrogen-bond donors (Lipinski definition) is 0. The van der Waals surface area contributed by atoms with E-state index in [0.717, 1.165) is 0 Å². The molecular weight excluding hydrogens is 272 g/mol. The van der Waals surface area contributed by atoms with Gasteiger partial charge in [-0.05, 0) is 26.2 Å². The van der Waals surface area contributed by atoms with Crippen LogP contribution in [0.15, 0.2) is 24.6 Å². The third kappa shape index (κ3) is 3.60. The highest BCUT2D eigenvalue weighted by molar-refractivity contribution is 6.88. The SMILES string of the molecule is C=C[Si]1(C)O[SiH](C)O[Si](C)(C=C)O[SiH](C)O1. The second-order valence-electron chi connectivity index (χ2n) is 4.05. The van der Waals surface area contributed by atoms with E-state index < -0.39 is 35.7 Å². The van der Waals surface area contributed by atoms with E-state index in [4.69, 9.17) is 16.5 Å². The van der Waals surface area contributed by atoms with Gasteiger partial charge in [0.05, 0.1) is 0 Å². The van der Waals surface area contributed by atoms with Gasteiger partial charge in [0.1, 0.15) is 0 Å². The van der Waals surface area contributed by atoms with Crippen LogP contribution in [0, 0.1) is 0 Å². The molecule has 1 heterocycles. The van der Waals surface area contributed by atoms with E-state index in [1.54, 1.807) is 11.4 Å². The molecule has 0 aromatic rings. The smallest absolute Gasteiger partial charge is 0.343 e. The lowest BCUT2D eigenvalue weighted by Gasteiger charge is -2.39. The normalized spacial score (nSPS) is 45.5. The van der Waals surface area contributed by atoms with E-state index in [0.29, 0.717) is 0 Å². The molecule has 0 atom stereocenters. The van der Waals surface area contributed by atoms with Crippen LogP contribution in [0.4, 0.5) is 0 Å². The van der Waals surface area contributed by atoms with Gasteiger partial charge < -0.3 is 16.5 Å². The molecular formula is C8H20O4Si4. The van der Waals surface area contributed by atoms with Crippen molar-refractivity contribution in [2.45, 2.75) is 26.2 Å². The van der Waals surface area contributed by atoms with Crippen molar-refractivity contribution in [1.82, 2.24) is 0 Å². The Kier molecular flexibility index (Phi) is 4.65. The van der Waals surface area contributed by atoms with E-state index >= 15 is 0 Å². The third-order valence-electron chi connectivity index (χ3n) is 2.34. The Morgan fingerprint density at radius 2 is 1.06 bits per heavy atom. The second-order valence-corrected chi connectivity index (χ2v) is 15.0. The summed E-state index contributed by atoms with van der Waals surface area (Å²) >= 11 is 0. The molecule has 1 saturated heterocycles. The number of rotatable bonds is 2. The summed E-state index contributed by atoms with van der Waals surface area (Å²) in [5.41, 5.74) is 3.59. The fraction of sp³-hybridized carbons (Fsp3) is 0.500. The quantitative estimate of drug-likeness (QED) is 0.720. The topological polar surface area (TPSA) is 36.9 Å². The van der Waals surface area contributed by atoms with Crippen molar-refractivity contribution >= 4 is 35.7 Å². The molecule has 1 fully saturated rings. The summed E-state index contributed by atoms with van der Waals surface area (Å²) in [5.74, 6) is 0. The van der Waals surface area contributed by atoms with E-state index in [2.05, 4.69) is 13.2 Å². The predicted molar refractivity (Wildman–Crippen MR) is 74.0 cm³/mol. The lowest BCUT2D eigenvalue weighted by Crippen LogP contribution is -2.56. The molecule has 0 aromatic heterocycles. The highest BCUT2D eigenvalue weighted by Crippen LogP contribution is 2.21. The minimum absolute atomic E-state index is 1.73. The van der Waals surface area contributed by atoms with Crippen molar-refractivity contribution < 1.29 is 16.5 Å². The molecule has 0 N–H and O–H groups in total. The van der Waals surface area contributed by atoms with E-state index in [-0.39, 0.29) is 0 Å². The van der Waals surface area contributed by atoms with Crippen LogP contribution in [0.1, 0.15) is 0 Å². The molecule has 16 heavy (non-hydrogen) atoms. The Hall–Kier alpha value is 0.188. The third-order valence-corrected chi connectivity index (χ3v) is 16.6. The molecule has 0 aromatic carbocycles. The highest BCUT2D eigenvalue weighted by atomic mass is 28.5. The minimum Gasteiger partial charge on any atom is -0.415 e. The van der Waals surface area contributed by atoms with Crippen LogP contribution in [0.3, 0.4) is 0 Å². The van der Waals surface area contributed by atoms with Gasteiger partial charge in [0.25, 0.3) is 0 Å². The first-order chi connectivity index (χ1) is 7.32. The minimum atomic E-state index is -2.27. The maximum Gasteiger partial charge on any atom is 0.343 e. The second kappa shape index (κ2) is 5.23. The van der Waals surface area contributed by atoms with Crippen LogP contribution in [-0.2, 0) is 16.5 Å². The average Bonchev–Trinajstić information content (AvgIpc) is 2.14. The lowest BCUT2D eigenvalue weighted by molar-refractivity contribution is 0.272. The summed E-state index contributed by atoms with van der Waals surface area (Å²) in [7, 11) is -7.99. The highest BCUT2D eigenvalue weighted by Gasteiger charge is 2.42. The maximum absolute atomic E-state index is 5.95. The van der Waals surface area contributed by atoms with Crippen LogP contribution < -0.4 is 0 Å². The fourth-order valence-corrected chi connectivity index (χ4v) is 16.4. The zero-order valence-electron chi connectivity index (χ0n) is 10.4. The van der Waals surface area contributed by atoms with Gasteiger partial charge in [-0.3, -0.25) is 0 Å². The lowest BCUT2D eigenvalue weighted by atomic mass is 11.3. The molecule has 0 bridgehead atoms. The number of hydrogen-bond acceptors (Lipinski definition) is 4. The van der Waals surface area contributed by atoms with Gasteiger partial charge in [-0.15, -0.1) is 13.2 Å². The summed E-state index contributed by atoms with van der Waals surface area (Å²) in [6.07, 6.45) is 0. The van der Waals surface area contributed by atoms with Gasteiger partial charge in [-0.2, -0.15) is 0 Å². The molecule has 0 amide bonds. The van der Waals surface area contributed by atoms with Crippen LogP contribution in [0.2, 0.25) is 26.2 Å². The molecule has 1 aliphatic rings. The molecule has 1 aliphatic heterocycles. The molecule has 0 aliphatic carbocycles. The summed E-state index contributed by atoms with van der Waals surface area (Å²) in [6, 6.07) is 0. The van der Waals surface area contributed by atoms with Gasteiger partial charge in [0.2, 0.25) is 0 Å². The van der Waals surface area contributed by atoms with Crippen molar-refractivity contribution in [3.05, 3.63) is 24.6 Å². The summed E-state index contributed by atoms with van der Waals surface area (Å²) in [6.45, 7) is 15.5. The van der Waals surface area contributed by atoms with Crippen LogP contribution in [0.25, 0.3) is 0 Å². The van der Waals surface area contributed by atoms with Crippen molar-refractivity contribution in [2.75, 3.05) is 0 Å². The van der Waals surface area contributed by atoms with Gasteiger partial charge >= 0.3 is 35.7 Å². The molecule has 92 valence electrons. The van der Waals surface area contributed by atoms with Crippen molar-refractivity contribution in [2.24, 2.45) is 0 Å². The summed E-state index contributed by atoms with van der Waals surface area (Å²) in [5, 5.41) is 0. The molecule has 0 unspecified atom stereocenters. The Balaban J connectivity index is 2.86. The maximum atomic E-state index is 5.95. The Morgan fingerprint density at radius 1 is 0.812 bits per heavy atom. The van der Waals surface area contributed by atoms with E-state index in [1.807, 2.05) is 26.2 Å². The standard InChI is InChI=1S/C8H20O4Si4/c1-7-15(5)9-13(3)11-16(6,8-2)12-14(4)10-15/h7-8,13-14H,1-2H2,3-6H3. The Bertz CT molecular complexity index is 245. The zero-order chi connectivity index (χ0) is 12.4. The first kappa shape index (κ1) is 14.2. The van der Waals surface area contributed by atoms with Crippen LogP contribution >= 0.6 is 0 Å². The van der Waals surface area contributed by atoms with Gasteiger partial charge in [0, 0.05) is 0 Å². The van der Waals surface area contributed by atoms with E-state index in [1.165, 1.54) is 0 Å². The zero-order valence-corrected chi connectivity index (χ0v) is 14.7. The van der Waals surface area contributed by atoms with Crippen molar-refractivity contribution in [3.8, 4) is 0 Å². The first-order valence-corrected chi connectivity index (χ1v) is 14.3. The molecule has 0 spiro atoms. The van der Waals surface area contributed by atoms with Crippen LogP contribution in [-0.4, -0.2) is 35.7 Å². The predicted octanol–water partition coefficient (Wildman–Crippen LogP) is 1.36. The fourth-order valence-electron chi connectivity index (χ4n) is 1.61. The van der Waals surface area contributed by atoms with E-state index in [9.17, 15) is 0 Å². The molecule has 4 nitrogen and oxygen atoms in total. The summed E-state index contributed by atoms with van der Waals surface area (Å²) < 4.78 is 23.8. The Labute approximate surface area is 103 Å². The monoisotopic (exact) mass is 292 g/mol. The molecule has 8 heteroatoms. The van der Waals surface area contributed by atoms with Gasteiger partial charge in [-0.1, -0.05) is 11.4 Å². The molecule has 1 rings (SSSR count). The van der Waals surface area contributed by atoms with Crippen molar-refractivity contribution in [1.29, 1.82) is 0 Å². The van der Waals surface area contributed by atoms with Gasteiger partial charge in [0.15, 0.2) is 0 Å². The molecule has 0 radical (unpaired) electrons. The first-order valence-electron chi connectivity index (χ1n) is 5.31. The van der Waals surface area contributed by atoms with Gasteiger partial charge in [-0.25, -0.2) is 0 Å². The van der Waals surface area contributed by atoms with Crippen LogP contribution in [0.5, 0.6) is 0 Å². The van der Waals surface area contributed by atoms with Crippen molar-refractivity contribution in [3.63, 3.8) is 0 Å². The summed E-state index contributed by atoms with van der Waals surface area (Å²) in [4.78, 5) is 0. The largest absolute Gasteiger partial charge is 0.415 e. The Morgan fingerprint density at radius 3 is 1.25 bits per heavy atom.